The van der Waals surface area contributed by atoms with Crippen molar-refractivity contribution in [2.24, 2.45) is 0 Å². The van der Waals surface area contributed by atoms with Crippen LogP contribution in [0.3, 0.4) is 0 Å². The van der Waals surface area contributed by atoms with Gasteiger partial charge in [-0.3, -0.25) is 4.79 Å². The van der Waals surface area contributed by atoms with Crippen LogP contribution in [-0.4, -0.2) is 51.7 Å². The standard InChI is InChI=1S/C20H21N5OS.C19H20N4S2/c1-13-12-22-20(24-16-10-6-7-11-17(16)27-3)25-18(13)23-15-9-5-4-8-14(15)19(26)21-2;1-13-12-20-19(22-15-9-5-7-11-17(15)25-3)23-18(13)21-14-8-4-6-10-16(14)24-2/h4-12H,1-3H3,(H,21,26)(H2,22,23,24,25);4-12H,1-3H3,(H2,20,21,22,23). The van der Waals surface area contributed by atoms with E-state index >= 15 is 0 Å². The molecule has 0 spiro atoms. The number of rotatable bonds is 12. The van der Waals surface area contributed by atoms with Crippen LogP contribution in [-0.2, 0) is 0 Å². The number of benzene rings is 4. The van der Waals surface area contributed by atoms with Gasteiger partial charge in [0.2, 0.25) is 11.9 Å². The Kier molecular flexibility index (Phi) is 13.8. The number of nitrogens with one attached hydrogen (secondary N) is 5. The first-order chi connectivity index (χ1) is 25.3. The molecule has 0 radical (unpaired) electrons. The molecule has 6 rings (SSSR count). The fourth-order valence-corrected chi connectivity index (χ4v) is 6.58. The molecular formula is C39H41N9OS3. The molecule has 1 amide bonds. The van der Waals surface area contributed by atoms with E-state index in [2.05, 4.69) is 77.2 Å². The molecule has 0 saturated carbocycles. The van der Waals surface area contributed by atoms with Gasteiger partial charge in [-0.1, -0.05) is 48.5 Å². The molecule has 52 heavy (non-hydrogen) atoms. The predicted octanol–water partition coefficient (Wildman–Crippen LogP) is 10.1. The van der Waals surface area contributed by atoms with E-state index in [0.717, 1.165) is 43.8 Å². The molecule has 0 atom stereocenters. The Balaban J connectivity index is 0.000000202. The largest absolute Gasteiger partial charge is 0.355 e. The molecular weight excluding hydrogens is 707 g/mol. The van der Waals surface area contributed by atoms with E-state index in [-0.39, 0.29) is 5.91 Å². The summed E-state index contributed by atoms with van der Waals surface area (Å²) in [7, 11) is 1.61. The first-order valence-electron chi connectivity index (χ1n) is 16.3. The smallest absolute Gasteiger partial charge is 0.253 e. The maximum absolute atomic E-state index is 12.1. The maximum atomic E-state index is 12.1. The summed E-state index contributed by atoms with van der Waals surface area (Å²) in [4.78, 5) is 33.6. The summed E-state index contributed by atoms with van der Waals surface area (Å²) in [5, 5.41) is 15.9. The fraction of sp³-hybridized carbons (Fsp3) is 0.154. The second kappa shape index (κ2) is 18.8. The molecule has 13 heteroatoms. The maximum Gasteiger partial charge on any atom is 0.253 e. The predicted molar refractivity (Wildman–Crippen MR) is 221 cm³/mol. The van der Waals surface area contributed by atoms with Crippen molar-refractivity contribution in [1.82, 2.24) is 25.3 Å². The highest BCUT2D eigenvalue weighted by Gasteiger charge is 2.13. The van der Waals surface area contributed by atoms with E-state index in [4.69, 9.17) is 0 Å². The van der Waals surface area contributed by atoms with E-state index in [1.807, 2.05) is 99.1 Å². The van der Waals surface area contributed by atoms with Gasteiger partial charge in [0, 0.05) is 45.3 Å². The van der Waals surface area contributed by atoms with E-state index < -0.39 is 0 Å². The highest BCUT2D eigenvalue weighted by molar-refractivity contribution is 7.99. The van der Waals surface area contributed by atoms with Gasteiger partial charge in [-0.25, -0.2) is 9.97 Å². The average Bonchev–Trinajstić information content (AvgIpc) is 3.18. The minimum absolute atomic E-state index is 0.156. The second-order valence-electron chi connectivity index (χ2n) is 11.2. The van der Waals surface area contributed by atoms with Gasteiger partial charge in [-0.2, -0.15) is 9.97 Å². The van der Waals surface area contributed by atoms with Crippen LogP contribution in [0.4, 0.5) is 46.3 Å². The molecule has 0 aliphatic carbocycles. The number of anilines is 8. The van der Waals surface area contributed by atoms with Gasteiger partial charge in [0.1, 0.15) is 11.6 Å². The fourth-order valence-electron chi connectivity index (χ4n) is 4.92. The summed E-state index contributed by atoms with van der Waals surface area (Å²) in [6, 6.07) is 31.7. The van der Waals surface area contributed by atoms with Crippen molar-refractivity contribution in [2.45, 2.75) is 28.5 Å². The number of hydrogen-bond donors (Lipinski definition) is 5. The average molecular weight is 748 g/mol. The van der Waals surface area contributed by atoms with Crippen LogP contribution in [0.2, 0.25) is 0 Å². The van der Waals surface area contributed by atoms with Crippen molar-refractivity contribution in [3.63, 3.8) is 0 Å². The molecule has 0 aliphatic heterocycles. The van der Waals surface area contributed by atoms with E-state index in [0.29, 0.717) is 29.0 Å². The molecule has 2 aromatic heterocycles. The quantitative estimate of drug-likeness (QED) is 0.0765. The summed E-state index contributed by atoms with van der Waals surface area (Å²) >= 11 is 5.06. The van der Waals surface area contributed by atoms with Crippen LogP contribution in [0.1, 0.15) is 21.5 Å². The van der Waals surface area contributed by atoms with Gasteiger partial charge in [0.05, 0.1) is 28.3 Å². The summed E-state index contributed by atoms with van der Waals surface area (Å²) in [5.41, 5.74) is 6.13. The molecule has 0 aliphatic rings. The van der Waals surface area contributed by atoms with Crippen molar-refractivity contribution >= 4 is 87.5 Å². The third-order valence-corrected chi connectivity index (χ3v) is 10.0. The topological polar surface area (TPSA) is 129 Å². The zero-order chi connectivity index (χ0) is 36.9. The summed E-state index contributed by atoms with van der Waals surface area (Å²) < 4.78 is 0. The van der Waals surface area contributed by atoms with Crippen molar-refractivity contribution < 1.29 is 4.79 Å². The molecule has 6 aromatic rings. The summed E-state index contributed by atoms with van der Waals surface area (Å²) in [5.74, 6) is 2.36. The van der Waals surface area contributed by atoms with Gasteiger partial charge in [-0.05, 0) is 81.1 Å². The number of carbonyl (C=O) groups excluding carboxylic acids is 1. The van der Waals surface area contributed by atoms with E-state index in [1.165, 1.54) is 4.90 Å². The zero-order valence-corrected chi connectivity index (χ0v) is 32.3. The van der Waals surface area contributed by atoms with Crippen molar-refractivity contribution in [2.75, 3.05) is 47.1 Å². The molecule has 266 valence electrons. The molecule has 10 nitrogen and oxygen atoms in total. The van der Waals surface area contributed by atoms with Gasteiger partial charge in [0.25, 0.3) is 5.91 Å². The number of aryl methyl sites for hydroxylation is 2. The van der Waals surface area contributed by atoms with Crippen LogP contribution in [0.5, 0.6) is 0 Å². The van der Waals surface area contributed by atoms with E-state index in [9.17, 15) is 4.79 Å². The first kappa shape index (κ1) is 38.0. The highest BCUT2D eigenvalue weighted by Crippen LogP contribution is 2.31. The molecule has 4 aromatic carbocycles. The van der Waals surface area contributed by atoms with Crippen molar-refractivity contribution in [1.29, 1.82) is 0 Å². The minimum atomic E-state index is -0.156. The zero-order valence-electron chi connectivity index (χ0n) is 29.8. The molecule has 5 N–H and O–H groups in total. The minimum Gasteiger partial charge on any atom is -0.355 e. The highest BCUT2D eigenvalue weighted by atomic mass is 32.2. The third-order valence-electron chi connectivity index (χ3n) is 7.66. The molecule has 0 bridgehead atoms. The lowest BCUT2D eigenvalue weighted by molar-refractivity contribution is 0.0964. The van der Waals surface area contributed by atoms with Gasteiger partial charge in [-0.15, -0.1) is 35.3 Å². The van der Waals surface area contributed by atoms with E-state index in [1.54, 1.807) is 54.6 Å². The van der Waals surface area contributed by atoms with Gasteiger partial charge in [0.15, 0.2) is 0 Å². The third kappa shape index (κ3) is 9.96. The Morgan fingerprint density at radius 3 is 1.31 bits per heavy atom. The number of aromatic nitrogens is 4. The lowest BCUT2D eigenvalue weighted by Crippen LogP contribution is -2.19. The molecule has 2 heterocycles. The number of hydrogen-bond acceptors (Lipinski definition) is 12. The number of para-hydroxylation sites is 4. The Morgan fingerprint density at radius 2 is 0.885 bits per heavy atom. The summed E-state index contributed by atoms with van der Waals surface area (Å²) in [6.07, 6.45) is 9.74. The molecule has 0 saturated heterocycles. The van der Waals surface area contributed by atoms with Crippen LogP contribution in [0, 0.1) is 13.8 Å². The molecule has 0 fully saturated rings. The van der Waals surface area contributed by atoms with Crippen molar-refractivity contribution in [3.05, 3.63) is 126 Å². The van der Waals surface area contributed by atoms with Crippen LogP contribution < -0.4 is 26.6 Å². The Hall–Kier alpha value is -5.24. The Morgan fingerprint density at radius 1 is 0.519 bits per heavy atom. The second-order valence-corrected chi connectivity index (χ2v) is 13.7. The lowest BCUT2D eigenvalue weighted by atomic mass is 10.1. The number of nitrogens with zero attached hydrogens (tertiary/aromatic N) is 4. The summed E-state index contributed by atoms with van der Waals surface area (Å²) in [6.45, 7) is 3.92. The van der Waals surface area contributed by atoms with Gasteiger partial charge < -0.3 is 26.6 Å². The van der Waals surface area contributed by atoms with Crippen molar-refractivity contribution in [3.8, 4) is 0 Å². The normalized spacial score (nSPS) is 10.4. The Labute approximate surface area is 317 Å². The van der Waals surface area contributed by atoms with Gasteiger partial charge >= 0.3 is 0 Å². The monoisotopic (exact) mass is 747 g/mol. The number of carbonyl (C=O) groups is 1. The first-order valence-corrected chi connectivity index (χ1v) is 20.0. The van der Waals surface area contributed by atoms with Crippen LogP contribution in [0.25, 0.3) is 0 Å². The van der Waals surface area contributed by atoms with Crippen LogP contribution in [0.15, 0.2) is 124 Å². The van der Waals surface area contributed by atoms with Crippen LogP contribution >= 0.6 is 35.3 Å². The lowest BCUT2D eigenvalue weighted by Gasteiger charge is -2.14. The number of thioether (sulfide) groups is 3. The number of amides is 1. The molecule has 0 unspecified atom stereocenters. The Bertz CT molecular complexity index is 2130. The SMILES string of the molecule is CNC(=O)c1ccccc1Nc1nc(Nc2ccccc2SC)ncc1C.CSc1ccccc1Nc1ncc(C)c(Nc2ccccc2SC)n1.